The molecule has 0 saturated heterocycles. The molecule has 0 radical (unpaired) electrons. The van der Waals surface area contributed by atoms with Crippen LogP contribution in [-0.4, -0.2) is 33.0 Å². The lowest BCUT2D eigenvalue weighted by Crippen LogP contribution is -2.36. The first-order valence-electron chi connectivity index (χ1n) is 8.68. The van der Waals surface area contributed by atoms with Crippen molar-refractivity contribution in [3.05, 3.63) is 23.2 Å². The molecule has 0 heterocycles. The van der Waals surface area contributed by atoms with E-state index in [9.17, 15) is 13.2 Å². The van der Waals surface area contributed by atoms with Crippen molar-refractivity contribution < 1.29 is 17.9 Å². The summed E-state index contributed by atoms with van der Waals surface area (Å²) in [7, 11) is -3.61. The van der Waals surface area contributed by atoms with Crippen molar-refractivity contribution in [2.75, 3.05) is 6.61 Å². The summed E-state index contributed by atoms with van der Waals surface area (Å²) in [5, 5.41) is 2.98. The van der Waals surface area contributed by atoms with Gasteiger partial charge in [-0.05, 0) is 43.9 Å². The van der Waals surface area contributed by atoms with Gasteiger partial charge in [-0.25, -0.2) is 13.1 Å². The van der Waals surface area contributed by atoms with Gasteiger partial charge in [0.2, 0.25) is 10.0 Å². The number of carbonyl (C=O) groups excluding carboxylic acids is 1. The topological polar surface area (TPSA) is 84.5 Å². The van der Waals surface area contributed by atoms with Gasteiger partial charge in [-0.15, -0.1) is 0 Å². The molecule has 1 aromatic carbocycles. The molecule has 0 unspecified atom stereocenters. The van der Waals surface area contributed by atoms with Crippen molar-refractivity contribution in [1.29, 1.82) is 0 Å². The summed E-state index contributed by atoms with van der Waals surface area (Å²) in [5.74, 6) is 0.0958. The number of nitrogens with one attached hydrogen (secondary N) is 2. The third kappa shape index (κ3) is 5.33. The number of benzene rings is 1. The van der Waals surface area contributed by atoms with Crippen molar-refractivity contribution in [3.8, 4) is 5.75 Å². The first kappa shape index (κ1) is 18.5. The van der Waals surface area contributed by atoms with Gasteiger partial charge in [0.05, 0.1) is 9.92 Å². The minimum atomic E-state index is -3.61. The van der Waals surface area contributed by atoms with Crippen LogP contribution in [-0.2, 0) is 14.8 Å². The number of carbonyl (C=O) groups is 1. The highest BCUT2D eigenvalue weighted by Crippen LogP contribution is 2.28. The maximum Gasteiger partial charge on any atom is 0.258 e. The first-order valence-corrected chi connectivity index (χ1v) is 10.5. The third-order valence-corrected chi connectivity index (χ3v) is 6.26. The molecule has 0 bridgehead atoms. The number of amides is 1. The van der Waals surface area contributed by atoms with Gasteiger partial charge < -0.3 is 10.1 Å². The molecule has 25 heavy (non-hydrogen) atoms. The van der Waals surface area contributed by atoms with Crippen LogP contribution in [0.5, 0.6) is 5.75 Å². The zero-order valence-electron chi connectivity index (χ0n) is 14.0. The third-order valence-electron chi connectivity index (χ3n) is 4.44. The SMILES string of the molecule is O=C(COc1ccc(S(=O)(=O)NC2CCCCC2)cc1Cl)NC1CC1. The van der Waals surface area contributed by atoms with Crippen molar-refractivity contribution in [1.82, 2.24) is 10.0 Å². The van der Waals surface area contributed by atoms with Crippen LogP contribution in [0.1, 0.15) is 44.9 Å². The van der Waals surface area contributed by atoms with Gasteiger partial charge in [0.1, 0.15) is 5.75 Å². The number of rotatable bonds is 7. The van der Waals surface area contributed by atoms with Crippen molar-refractivity contribution in [2.45, 2.75) is 61.9 Å². The van der Waals surface area contributed by atoms with E-state index >= 15 is 0 Å². The fraction of sp³-hybridized carbons (Fsp3) is 0.588. The van der Waals surface area contributed by atoms with E-state index in [1.54, 1.807) is 0 Å². The van der Waals surface area contributed by atoms with Gasteiger partial charge in [-0.3, -0.25) is 4.79 Å². The molecule has 2 N–H and O–H groups in total. The molecule has 0 aromatic heterocycles. The average molecular weight is 387 g/mol. The zero-order valence-corrected chi connectivity index (χ0v) is 15.5. The Morgan fingerprint density at radius 1 is 1.12 bits per heavy atom. The summed E-state index contributed by atoms with van der Waals surface area (Å²) in [5.41, 5.74) is 0. The summed E-state index contributed by atoms with van der Waals surface area (Å²) in [6, 6.07) is 4.55. The van der Waals surface area contributed by atoms with Crippen LogP contribution in [0, 0.1) is 0 Å². The van der Waals surface area contributed by atoms with Gasteiger partial charge in [0.15, 0.2) is 6.61 Å². The molecule has 8 heteroatoms. The first-order chi connectivity index (χ1) is 11.9. The second-order valence-corrected chi connectivity index (χ2v) is 8.80. The van der Waals surface area contributed by atoms with E-state index in [0.29, 0.717) is 5.75 Å². The summed E-state index contributed by atoms with van der Waals surface area (Å²) in [6.45, 7) is -0.136. The van der Waals surface area contributed by atoms with E-state index in [-0.39, 0.29) is 34.5 Å². The minimum Gasteiger partial charge on any atom is -0.482 e. The van der Waals surface area contributed by atoms with E-state index in [1.807, 2.05) is 0 Å². The van der Waals surface area contributed by atoms with Crippen LogP contribution in [0.2, 0.25) is 5.02 Å². The van der Waals surface area contributed by atoms with Crippen LogP contribution in [0.3, 0.4) is 0 Å². The quantitative estimate of drug-likeness (QED) is 0.754. The Morgan fingerprint density at radius 3 is 2.48 bits per heavy atom. The molecule has 3 rings (SSSR count). The largest absolute Gasteiger partial charge is 0.482 e. The number of sulfonamides is 1. The molecular weight excluding hydrogens is 364 g/mol. The standard InChI is InChI=1S/C17H23ClN2O4S/c18-15-10-14(25(22,23)20-13-4-2-1-3-5-13)8-9-16(15)24-11-17(21)19-12-6-7-12/h8-10,12-13,20H,1-7,11H2,(H,19,21). The number of ether oxygens (including phenoxy) is 1. The lowest BCUT2D eigenvalue weighted by molar-refractivity contribution is -0.123. The maximum atomic E-state index is 12.5. The van der Waals surface area contributed by atoms with Gasteiger partial charge in [0, 0.05) is 12.1 Å². The Labute approximate surface area is 153 Å². The van der Waals surface area contributed by atoms with Crippen LogP contribution in [0.4, 0.5) is 0 Å². The highest BCUT2D eigenvalue weighted by molar-refractivity contribution is 7.89. The molecule has 2 saturated carbocycles. The lowest BCUT2D eigenvalue weighted by atomic mass is 9.96. The predicted molar refractivity (Wildman–Crippen MR) is 95.3 cm³/mol. The molecule has 0 atom stereocenters. The Bertz CT molecular complexity index is 728. The van der Waals surface area contributed by atoms with E-state index in [1.165, 1.54) is 18.2 Å². The normalized spacial score (nSPS) is 18.8. The molecule has 6 nitrogen and oxygen atoms in total. The summed E-state index contributed by atoms with van der Waals surface area (Å²) in [4.78, 5) is 11.7. The smallest absolute Gasteiger partial charge is 0.258 e. The molecule has 2 aliphatic rings. The zero-order chi connectivity index (χ0) is 17.9. The highest BCUT2D eigenvalue weighted by Gasteiger charge is 2.24. The Hall–Kier alpha value is -1.31. The fourth-order valence-corrected chi connectivity index (χ4v) is 4.54. The van der Waals surface area contributed by atoms with Crippen LogP contribution < -0.4 is 14.8 Å². The summed E-state index contributed by atoms with van der Waals surface area (Å²) < 4.78 is 33.1. The molecule has 2 fully saturated rings. The number of hydrogen-bond donors (Lipinski definition) is 2. The monoisotopic (exact) mass is 386 g/mol. The Kier molecular flexibility index (Phi) is 5.86. The van der Waals surface area contributed by atoms with Gasteiger partial charge in [-0.2, -0.15) is 0 Å². The number of halogens is 1. The molecule has 2 aliphatic carbocycles. The molecular formula is C17H23ClN2O4S. The fourth-order valence-electron chi connectivity index (χ4n) is 2.91. The van der Waals surface area contributed by atoms with Gasteiger partial charge in [0.25, 0.3) is 5.91 Å². The molecule has 138 valence electrons. The van der Waals surface area contributed by atoms with Crippen molar-refractivity contribution in [3.63, 3.8) is 0 Å². The van der Waals surface area contributed by atoms with E-state index in [4.69, 9.17) is 16.3 Å². The summed E-state index contributed by atoms with van der Waals surface area (Å²) in [6.07, 6.45) is 6.99. The van der Waals surface area contributed by atoms with Crippen molar-refractivity contribution in [2.24, 2.45) is 0 Å². The molecule has 1 aromatic rings. The van der Waals surface area contributed by atoms with E-state index < -0.39 is 10.0 Å². The van der Waals surface area contributed by atoms with Crippen molar-refractivity contribution >= 4 is 27.5 Å². The van der Waals surface area contributed by atoms with Crippen LogP contribution in [0.15, 0.2) is 23.1 Å². The summed E-state index contributed by atoms with van der Waals surface area (Å²) >= 11 is 6.13. The van der Waals surface area contributed by atoms with Gasteiger partial charge in [-0.1, -0.05) is 30.9 Å². The predicted octanol–water partition coefficient (Wildman–Crippen LogP) is 2.61. The van der Waals surface area contributed by atoms with E-state index in [0.717, 1.165) is 44.9 Å². The number of hydrogen-bond acceptors (Lipinski definition) is 4. The molecule has 0 aliphatic heterocycles. The second-order valence-electron chi connectivity index (χ2n) is 6.68. The molecule has 0 spiro atoms. The maximum absolute atomic E-state index is 12.5. The van der Waals surface area contributed by atoms with Crippen LogP contribution in [0.25, 0.3) is 0 Å². The van der Waals surface area contributed by atoms with E-state index in [2.05, 4.69) is 10.0 Å². The Morgan fingerprint density at radius 2 is 1.84 bits per heavy atom. The van der Waals surface area contributed by atoms with Gasteiger partial charge >= 0.3 is 0 Å². The Balaban J connectivity index is 1.60. The van der Waals surface area contributed by atoms with Crippen LogP contribution >= 0.6 is 11.6 Å². The highest BCUT2D eigenvalue weighted by atomic mass is 35.5. The lowest BCUT2D eigenvalue weighted by Gasteiger charge is -2.22. The molecule has 1 amide bonds. The minimum absolute atomic E-state index is 0.0143. The second kappa shape index (κ2) is 7.93. The average Bonchev–Trinajstić information content (AvgIpc) is 3.38.